The van der Waals surface area contributed by atoms with Gasteiger partial charge in [-0.25, -0.2) is 0 Å². The van der Waals surface area contributed by atoms with Crippen LogP contribution < -0.4 is 10.9 Å². The number of thioether (sulfide) groups is 1. The van der Waals surface area contributed by atoms with Gasteiger partial charge in [0.2, 0.25) is 5.91 Å². The van der Waals surface area contributed by atoms with Crippen LogP contribution in [0.1, 0.15) is 10.5 Å². The number of halogens is 2. The predicted molar refractivity (Wildman–Crippen MR) is 90.9 cm³/mol. The molecule has 22 heavy (non-hydrogen) atoms. The normalized spacial score (nSPS) is 10.3. The zero-order valence-corrected chi connectivity index (χ0v) is 14.8. The van der Waals surface area contributed by atoms with E-state index in [0.29, 0.717) is 10.7 Å². The lowest BCUT2D eigenvalue weighted by atomic mass is 10.4. The van der Waals surface area contributed by atoms with Crippen LogP contribution in [0.2, 0.25) is 5.02 Å². The first-order valence-corrected chi connectivity index (χ1v) is 8.41. The molecule has 2 amide bonds. The predicted octanol–water partition coefficient (Wildman–Crippen LogP) is 2.99. The number of nitrogens with one attached hydrogen (secondary N) is 2. The second kappa shape index (κ2) is 7.71. The molecule has 0 atom stereocenters. The van der Waals surface area contributed by atoms with E-state index in [-0.39, 0.29) is 17.6 Å². The largest absolute Gasteiger partial charge is 0.345 e. The molecule has 0 saturated heterocycles. The number of rotatable bonds is 4. The Morgan fingerprint density at radius 2 is 1.95 bits per heavy atom. The van der Waals surface area contributed by atoms with E-state index in [0.717, 1.165) is 9.37 Å². The van der Waals surface area contributed by atoms with Crippen molar-refractivity contribution in [1.82, 2.24) is 15.4 Å². The van der Waals surface area contributed by atoms with Crippen molar-refractivity contribution < 1.29 is 9.59 Å². The summed E-state index contributed by atoms with van der Waals surface area (Å²) in [6.45, 7) is 0. The van der Waals surface area contributed by atoms with E-state index in [4.69, 9.17) is 11.6 Å². The van der Waals surface area contributed by atoms with Gasteiger partial charge in [0.15, 0.2) is 0 Å². The summed E-state index contributed by atoms with van der Waals surface area (Å²) in [5.74, 6) is -0.474. The Kier molecular flexibility index (Phi) is 5.93. The fourth-order valence-corrected chi connectivity index (χ4v) is 3.00. The summed E-state index contributed by atoms with van der Waals surface area (Å²) >= 11 is 10.4. The maximum Gasteiger partial charge on any atom is 0.286 e. The van der Waals surface area contributed by atoms with Crippen molar-refractivity contribution in [2.75, 3.05) is 5.75 Å². The summed E-state index contributed by atoms with van der Waals surface area (Å²) in [7, 11) is 1.75. The van der Waals surface area contributed by atoms with Crippen molar-refractivity contribution in [3.05, 3.63) is 51.7 Å². The van der Waals surface area contributed by atoms with Gasteiger partial charge in [-0.15, -0.1) is 11.8 Å². The zero-order chi connectivity index (χ0) is 16.1. The third kappa shape index (κ3) is 4.79. The third-order valence-electron chi connectivity index (χ3n) is 2.70. The van der Waals surface area contributed by atoms with Crippen LogP contribution in [0.15, 0.2) is 45.9 Å². The number of aryl methyl sites for hydroxylation is 1. The van der Waals surface area contributed by atoms with Gasteiger partial charge >= 0.3 is 0 Å². The van der Waals surface area contributed by atoms with Crippen LogP contribution in [0.5, 0.6) is 0 Å². The molecule has 0 unspecified atom stereocenters. The summed E-state index contributed by atoms with van der Waals surface area (Å²) in [6, 6.07) is 8.86. The molecule has 0 aliphatic carbocycles. The molecule has 0 radical (unpaired) electrons. The maximum absolute atomic E-state index is 11.9. The van der Waals surface area contributed by atoms with E-state index < -0.39 is 0 Å². The number of hydrogen-bond acceptors (Lipinski definition) is 3. The molecule has 0 aliphatic rings. The van der Waals surface area contributed by atoms with Gasteiger partial charge in [0.05, 0.1) is 5.75 Å². The van der Waals surface area contributed by atoms with Crippen LogP contribution >= 0.6 is 39.3 Å². The molecule has 1 aromatic carbocycles. The number of carbonyl (C=O) groups excluding carboxylic acids is 2. The number of aromatic nitrogens is 1. The average molecular weight is 403 g/mol. The number of hydrazine groups is 1. The van der Waals surface area contributed by atoms with E-state index in [1.54, 1.807) is 36.0 Å². The molecule has 0 spiro atoms. The van der Waals surface area contributed by atoms with Crippen LogP contribution in [0.3, 0.4) is 0 Å². The highest BCUT2D eigenvalue weighted by Crippen LogP contribution is 2.19. The van der Waals surface area contributed by atoms with Crippen molar-refractivity contribution in [3.63, 3.8) is 0 Å². The first kappa shape index (κ1) is 16.9. The van der Waals surface area contributed by atoms with E-state index in [9.17, 15) is 9.59 Å². The van der Waals surface area contributed by atoms with Gasteiger partial charge in [0.1, 0.15) is 5.69 Å². The van der Waals surface area contributed by atoms with Crippen molar-refractivity contribution in [3.8, 4) is 0 Å². The Hall–Kier alpha value is -1.44. The molecule has 8 heteroatoms. The molecular formula is C14H13BrClN3O2S. The van der Waals surface area contributed by atoms with Gasteiger partial charge in [-0.05, 0) is 46.3 Å². The standard InChI is InChI=1S/C14H13BrClN3O2S/c1-19-7-9(15)6-12(19)14(21)18-17-13(20)8-22-11-4-2-10(16)3-5-11/h2-7H,8H2,1H3,(H,17,20)(H,18,21). The lowest BCUT2D eigenvalue weighted by molar-refractivity contribution is -0.119. The quantitative estimate of drug-likeness (QED) is 0.610. The second-order valence-electron chi connectivity index (χ2n) is 4.40. The molecule has 0 bridgehead atoms. The monoisotopic (exact) mass is 401 g/mol. The van der Waals surface area contributed by atoms with Gasteiger partial charge in [-0.3, -0.25) is 20.4 Å². The molecule has 5 nitrogen and oxygen atoms in total. The topological polar surface area (TPSA) is 63.1 Å². The molecule has 1 aromatic heterocycles. The lowest BCUT2D eigenvalue weighted by Gasteiger charge is -2.08. The molecular weight excluding hydrogens is 390 g/mol. The summed E-state index contributed by atoms with van der Waals surface area (Å²) in [5, 5.41) is 0.648. The maximum atomic E-state index is 11.9. The van der Waals surface area contributed by atoms with E-state index >= 15 is 0 Å². The molecule has 2 rings (SSSR count). The van der Waals surface area contributed by atoms with Crippen molar-refractivity contribution in [2.24, 2.45) is 7.05 Å². The molecule has 1 heterocycles. The molecule has 0 fully saturated rings. The van der Waals surface area contributed by atoms with E-state index in [1.807, 2.05) is 12.1 Å². The van der Waals surface area contributed by atoms with E-state index in [2.05, 4.69) is 26.8 Å². The summed E-state index contributed by atoms with van der Waals surface area (Å²) < 4.78 is 2.46. The highest BCUT2D eigenvalue weighted by atomic mass is 79.9. The second-order valence-corrected chi connectivity index (χ2v) is 6.80. The Morgan fingerprint density at radius 1 is 1.27 bits per heavy atom. The minimum atomic E-state index is -0.377. The summed E-state index contributed by atoms with van der Waals surface area (Å²) in [4.78, 5) is 24.6. The number of amides is 2. The number of carbonyl (C=O) groups is 2. The first-order valence-electron chi connectivity index (χ1n) is 6.25. The van der Waals surface area contributed by atoms with Crippen LogP contribution in [-0.4, -0.2) is 22.1 Å². The van der Waals surface area contributed by atoms with Gasteiger partial charge in [0, 0.05) is 27.6 Å². The average Bonchev–Trinajstić information content (AvgIpc) is 2.83. The van der Waals surface area contributed by atoms with Gasteiger partial charge in [-0.2, -0.15) is 0 Å². The highest BCUT2D eigenvalue weighted by Gasteiger charge is 2.12. The molecule has 0 aliphatic heterocycles. The zero-order valence-electron chi connectivity index (χ0n) is 11.6. The van der Waals surface area contributed by atoms with Gasteiger partial charge in [-0.1, -0.05) is 11.6 Å². The Morgan fingerprint density at radius 3 is 2.55 bits per heavy atom. The number of benzene rings is 1. The fourth-order valence-electron chi connectivity index (χ4n) is 1.66. The van der Waals surface area contributed by atoms with Crippen LogP contribution in [0.4, 0.5) is 0 Å². The molecule has 2 aromatic rings. The Bertz CT molecular complexity index is 688. The smallest absolute Gasteiger partial charge is 0.286 e. The van der Waals surface area contributed by atoms with Crippen LogP contribution in [0.25, 0.3) is 0 Å². The van der Waals surface area contributed by atoms with Crippen molar-refractivity contribution >= 4 is 51.1 Å². The van der Waals surface area contributed by atoms with E-state index in [1.165, 1.54) is 11.8 Å². The van der Waals surface area contributed by atoms with Crippen molar-refractivity contribution in [2.45, 2.75) is 4.90 Å². The molecule has 0 saturated carbocycles. The lowest BCUT2D eigenvalue weighted by Crippen LogP contribution is -2.43. The minimum Gasteiger partial charge on any atom is -0.345 e. The highest BCUT2D eigenvalue weighted by molar-refractivity contribution is 9.10. The third-order valence-corrected chi connectivity index (χ3v) is 4.40. The Balaban J connectivity index is 1.79. The van der Waals surface area contributed by atoms with Crippen LogP contribution in [0, 0.1) is 0 Å². The summed E-state index contributed by atoms with van der Waals surface area (Å²) in [5.41, 5.74) is 5.21. The molecule has 116 valence electrons. The van der Waals surface area contributed by atoms with Crippen molar-refractivity contribution in [1.29, 1.82) is 0 Å². The number of nitrogens with zero attached hydrogens (tertiary/aromatic N) is 1. The molecule has 2 N–H and O–H groups in total. The SMILES string of the molecule is Cn1cc(Br)cc1C(=O)NNC(=O)CSc1ccc(Cl)cc1. The fraction of sp³-hybridized carbons (Fsp3) is 0.143. The van der Waals surface area contributed by atoms with Gasteiger partial charge in [0.25, 0.3) is 5.91 Å². The minimum absolute atomic E-state index is 0.193. The van der Waals surface area contributed by atoms with Crippen LogP contribution in [-0.2, 0) is 11.8 Å². The van der Waals surface area contributed by atoms with Gasteiger partial charge < -0.3 is 4.57 Å². The number of hydrogen-bond donors (Lipinski definition) is 2. The summed E-state index contributed by atoms with van der Waals surface area (Å²) in [6.07, 6.45) is 1.76. The Labute approximate surface area is 145 Å². The first-order chi connectivity index (χ1) is 10.5.